The molecule has 0 aliphatic carbocycles. The van der Waals surface area contributed by atoms with Crippen molar-refractivity contribution < 1.29 is 14.3 Å². The van der Waals surface area contributed by atoms with Crippen LogP contribution >= 0.6 is 11.8 Å². The van der Waals surface area contributed by atoms with Crippen molar-refractivity contribution in [1.82, 2.24) is 4.90 Å². The van der Waals surface area contributed by atoms with Gasteiger partial charge in [-0.2, -0.15) is 11.8 Å². The molecule has 5 nitrogen and oxygen atoms in total. The Morgan fingerprint density at radius 1 is 1.39 bits per heavy atom. The van der Waals surface area contributed by atoms with Gasteiger partial charge in [-0.3, -0.25) is 4.79 Å². The molecular weight excluding hydrogens is 372 g/mol. The van der Waals surface area contributed by atoms with Crippen molar-refractivity contribution in [3.05, 3.63) is 29.8 Å². The Hall–Kier alpha value is -1.24. The number of hydrogen-bond donors (Lipinski definition) is 1. The molecular formula is C22H32N2O3S. The zero-order chi connectivity index (χ0) is 19.9. The molecule has 0 unspecified atom stereocenters. The number of nitrogens with zero attached hydrogens (tertiary/aromatic N) is 1. The molecule has 1 aromatic carbocycles. The number of benzene rings is 1. The second-order valence-electron chi connectivity index (χ2n) is 8.90. The molecule has 2 saturated heterocycles. The lowest BCUT2D eigenvalue weighted by molar-refractivity contribution is -0.189. The van der Waals surface area contributed by atoms with Crippen molar-refractivity contribution in [2.75, 3.05) is 25.1 Å². The fourth-order valence-electron chi connectivity index (χ4n) is 5.06. The van der Waals surface area contributed by atoms with Gasteiger partial charge < -0.3 is 20.1 Å². The molecule has 0 bridgehead atoms. The largest absolute Gasteiger partial charge is 0.487 e. The minimum Gasteiger partial charge on any atom is -0.487 e. The Bertz CT molecular complexity index is 725. The van der Waals surface area contributed by atoms with Crippen molar-refractivity contribution in [2.45, 2.75) is 57.0 Å². The number of carbonyl (C=O) groups is 1. The highest BCUT2D eigenvalue weighted by atomic mass is 32.2. The van der Waals surface area contributed by atoms with E-state index in [4.69, 9.17) is 15.2 Å². The van der Waals surface area contributed by atoms with Gasteiger partial charge in [-0.1, -0.05) is 18.2 Å². The highest BCUT2D eigenvalue weighted by molar-refractivity contribution is 7.98. The van der Waals surface area contributed by atoms with E-state index < -0.39 is 0 Å². The number of nitrogens with two attached hydrogens (primary N) is 1. The van der Waals surface area contributed by atoms with Gasteiger partial charge in [0.2, 0.25) is 5.91 Å². The molecule has 0 radical (unpaired) electrons. The van der Waals surface area contributed by atoms with Gasteiger partial charge in [0.15, 0.2) is 0 Å². The van der Waals surface area contributed by atoms with Gasteiger partial charge in [0.1, 0.15) is 11.4 Å². The minimum atomic E-state index is -0.386. The Balaban J connectivity index is 1.49. The summed E-state index contributed by atoms with van der Waals surface area (Å²) in [6.07, 6.45) is 4.97. The molecule has 2 fully saturated rings. The third-order valence-electron chi connectivity index (χ3n) is 6.66. The number of carbonyl (C=O) groups excluding carboxylic acids is 1. The predicted molar refractivity (Wildman–Crippen MR) is 113 cm³/mol. The Morgan fingerprint density at radius 3 is 2.96 bits per heavy atom. The highest BCUT2D eigenvalue weighted by Crippen LogP contribution is 2.52. The fraction of sp³-hybridized carbons (Fsp3) is 0.682. The molecule has 3 aliphatic heterocycles. The number of rotatable bonds is 4. The van der Waals surface area contributed by atoms with Gasteiger partial charge in [-0.25, -0.2) is 0 Å². The minimum absolute atomic E-state index is 0.0762. The molecule has 4 rings (SSSR count). The van der Waals surface area contributed by atoms with Crippen LogP contribution in [0.3, 0.4) is 0 Å². The van der Waals surface area contributed by atoms with Gasteiger partial charge in [0.25, 0.3) is 0 Å². The number of likely N-dealkylation sites (tertiary alicyclic amines) is 1. The summed E-state index contributed by atoms with van der Waals surface area (Å²) in [5, 5.41) is 0. The summed E-state index contributed by atoms with van der Waals surface area (Å²) in [6, 6.07) is 7.87. The Morgan fingerprint density at radius 2 is 2.18 bits per heavy atom. The third kappa shape index (κ3) is 3.66. The van der Waals surface area contributed by atoms with Gasteiger partial charge in [-0.05, 0) is 51.2 Å². The summed E-state index contributed by atoms with van der Waals surface area (Å²) in [7, 11) is 0. The molecule has 154 valence electrons. The quantitative estimate of drug-likeness (QED) is 0.835. The first-order valence-corrected chi connectivity index (χ1v) is 11.8. The molecule has 28 heavy (non-hydrogen) atoms. The monoisotopic (exact) mass is 404 g/mol. The van der Waals surface area contributed by atoms with Crippen molar-refractivity contribution in [3.8, 4) is 5.75 Å². The van der Waals surface area contributed by atoms with Crippen LogP contribution in [0.4, 0.5) is 0 Å². The molecule has 0 aromatic heterocycles. The SMILES string of the molecule is CSCC[C@H](N)C(=O)N1CC[C@H]2O[C@H]3c4ccccc4OC(C)(C)[C@@H]3C[C@H]2C1. The molecule has 3 aliphatic rings. The van der Waals surface area contributed by atoms with Crippen LogP contribution < -0.4 is 10.5 Å². The van der Waals surface area contributed by atoms with Gasteiger partial charge >= 0.3 is 0 Å². The predicted octanol–water partition coefficient (Wildman–Crippen LogP) is 3.23. The van der Waals surface area contributed by atoms with Crippen LogP contribution in [0.1, 0.15) is 44.8 Å². The van der Waals surface area contributed by atoms with Crippen LogP contribution in [0.5, 0.6) is 5.75 Å². The van der Waals surface area contributed by atoms with Crippen LogP contribution in [-0.4, -0.2) is 53.7 Å². The average Bonchev–Trinajstić information content (AvgIpc) is 2.69. The number of hydrogen-bond acceptors (Lipinski definition) is 5. The molecule has 6 heteroatoms. The van der Waals surface area contributed by atoms with Crippen LogP contribution in [0, 0.1) is 11.8 Å². The second kappa shape index (κ2) is 7.88. The number of ether oxygens (including phenoxy) is 2. The first kappa shape index (κ1) is 20.0. The highest BCUT2D eigenvalue weighted by Gasteiger charge is 2.51. The lowest BCUT2D eigenvalue weighted by Crippen LogP contribution is -2.57. The van der Waals surface area contributed by atoms with Gasteiger partial charge in [-0.15, -0.1) is 0 Å². The van der Waals surface area contributed by atoms with Gasteiger partial charge in [0.05, 0.1) is 18.2 Å². The molecule has 0 saturated carbocycles. The maximum Gasteiger partial charge on any atom is 0.239 e. The van der Waals surface area contributed by atoms with Crippen LogP contribution in [0.15, 0.2) is 24.3 Å². The molecule has 0 spiro atoms. The summed E-state index contributed by atoms with van der Waals surface area (Å²) in [6.45, 7) is 5.81. The lowest BCUT2D eigenvalue weighted by atomic mass is 9.70. The maximum absolute atomic E-state index is 12.8. The van der Waals surface area contributed by atoms with Crippen molar-refractivity contribution in [2.24, 2.45) is 17.6 Å². The van der Waals surface area contributed by atoms with Crippen LogP contribution in [0.2, 0.25) is 0 Å². The van der Waals surface area contributed by atoms with E-state index in [1.807, 2.05) is 23.3 Å². The fourth-order valence-corrected chi connectivity index (χ4v) is 5.55. The summed E-state index contributed by atoms with van der Waals surface area (Å²) >= 11 is 1.73. The third-order valence-corrected chi connectivity index (χ3v) is 7.31. The zero-order valence-corrected chi connectivity index (χ0v) is 17.9. The topological polar surface area (TPSA) is 64.8 Å². The number of amides is 1. The first-order chi connectivity index (χ1) is 13.4. The summed E-state index contributed by atoms with van der Waals surface area (Å²) in [5.74, 6) is 2.59. The van der Waals surface area contributed by atoms with Crippen LogP contribution in [0.25, 0.3) is 0 Å². The van der Waals surface area contributed by atoms with Crippen LogP contribution in [-0.2, 0) is 9.53 Å². The van der Waals surface area contributed by atoms with Gasteiger partial charge in [0, 0.05) is 30.5 Å². The van der Waals surface area contributed by atoms with E-state index in [1.165, 1.54) is 5.56 Å². The van der Waals surface area contributed by atoms with Crippen molar-refractivity contribution in [1.29, 1.82) is 0 Å². The summed E-state index contributed by atoms with van der Waals surface area (Å²) < 4.78 is 13.0. The first-order valence-electron chi connectivity index (χ1n) is 10.4. The van der Waals surface area contributed by atoms with Crippen molar-refractivity contribution in [3.63, 3.8) is 0 Å². The number of para-hydroxylation sites is 1. The van der Waals surface area contributed by atoms with E-state index in [0.29, 0.717) is 5.92 Å². The zero-order valence-electron chi connectivity index (χ0n) is 17.1. The van der Waals surface area contributed by atoms with E-state index in [1.54, 1.807) is 11.8 Å². The number of thioether (sulfide) groups is 1. The number of fused-ring (bicyclic) bond motifs is 4. The van der Waals surface area contributed by atoms with E-state index in [0.717, 1.165) is 43.9 Å². The van der Waals surface area contributed by atoms with Crippen molar-refractivity contribution >= 4 is 17.7 Å². The lowest BCUT2D eigenvalue weighted by Gasteiger charge is -2.53. The summed E-state index contributed by atoms with van der Waals surface area (Å²) in [5.41, 5.74) is 7.03. The smallest absolute Gasteiger partial charge is 0.239 e. The average molecular weight is 405 g/mol. The molecule has 3 heterocycles. The molecule has 1 aromatic rings. The normalized spacial score (nSPS) is 31.8. The van der Waals surface area contributed by atoms with E-state index in [2.05, 4.69) is 26.0 Å². The second-order valence-corrected chi connectivity index (χ2v) is 9.89. The Kier molecular flexibility index (Phi) is 5.64. The molecule has 2 N–H and O–H groups in total. The van der Waals surface area contributed by atoms with E-state index in [9.17, 15) is 4.79 Å². The van der Waals surface area contributed by atoms with E-state index in [-0.39, 0.29) is 35.7 Å². The standard InChI is InChI=1S/C22H32N2O3S/c1-22(2)16-12-14-13-24(21(25)17(23)9-11-28-3)10-8-18(14)26-20(16)15-6-4-5-7-19(15)27-22/h4-7,14,16-18,20H,8-13,23H2,1-3H3/t14-,16+,17-,18+,20-/m0/s1. The Labute approximate surface area is 172 Å². The molecule has 1 amide bonds. The summed E-state index contributed by atoms with van der Waals surface area (Å²) in [4.78, 5) is 14.8. The maximum atomic E-state index is 12.8. The molecule has 5 atom stereocenters. The number of piperidine rings is 1. The van der Waals surface area contributed by atoms with E-state index >= 15 is 0 Å².